The van der Waals surface area contributed by atoms with Crippen LogP contribution in [-0.2, 0) is 13.0 Å². The number of nitrogens with one attached hydrogen (secondary N) is 1. The number of nitrogens with zero attached hydrogens (tertiary/aromatic N) is 2. The molecule has 20 heavy (non-hydrogen) atoms. The minimum Gasteiger partial charge on any atom is -0.497 e. The van der Waals surface area contributed by atoms with Crippen molar-refractivity contribution < 1.29 is 4.74 Å². The van der Waals surface area contributed by atoms with Crippen LogP contribution in [0.1, 0.15) is 30.8 Å². The summed E-state index contributed by atoms with van der Waals surface area (Å²) in [6.07, 6.45) is 6.07. The number of ether oxygens (including phenoxy) is 1. The lowest BCUT2D eigenvalue weighted by molar-refractivity contribution is 0.414. The molecule has 2 aromatic rings. The monoisotopic (exact) mass is 273 g/mol. The van der Waals surface area contributed by atoms with E-state index < -0.39 is 0 Å². The molecule has 4 heteroatoms. The number of aryl methyl sites for hydroxylation is 1. The second kappa shape index (κ2) is 7.10. The minimum atomic E-state index is 0.269. The predicted molar refractivity (Wildman–Crippen MR) is 81.0 cm³/mol. The van der Waals surface area contributed by atoms with Crippen molar-refractivity contribution in [1.82, 2.24) is 14.9 Å². The fourth-order valence-electron chi connectivity index (χ4n) is 2.35. The Bertz CT molecular complexity index is 519. The molecule has 1 unspecified atom stereocenters. The Labute approximate surface area is 120 Å². The quantitative estimate of drug-likeness (QED) is 0.843. The molecule has 1 atom stereocenters. The van der Waals surface area contributed by atoms with Gasteiger partial charge in [-0.2, -0.15) is 0 Å². The summed E-state index contributed by atoms with van der Waals surface area (Å²) in [7, 11) is 3.68. The number of aromatic nitrogens is 2. The number of rotatable bonds is 7. The molecule has 0 radical (unpaired) electrons. The normalized spacial score (nSPS) is 12.3. The smallest absolute Gasteiger partial charge is 0.118 e. The first-order chi connectivity index (χ1) is 9.78. The first kappa shape index (κ1) is 14.6. The number of methoxy groups -OCH3 is 1. The molecule has 1 N–H and O–H groups in total. The van der Waals surface area contributed by atoms with Crippen molar-refractivity contribution in [1.29, 1.82) is 0 Å². The molecular weight excluding hydrogens is 250 g/mol. The third-order valence-corrected chi connectivity index (χ3v) is 3.52. The number of hydrogen-bond acceptors (Lipinski definition) is 3. The molecule has 0 aliphatic heterocycles. The first-order valence-electron chi connectivity index (χ1n) is 7.09. The van der Waals surface area contributed by atoms with Crippen LogP contribution in [0.4, 0.5) is 0 Å². The van der Waals surface area contributed by atoms with Crippen molar-refractivity contribution in [3.8, 4) is 5.75 Å². The molecule has 0 aliphatic rings. The van der Waals surface area contributed by atoms with E-state index in [9.17, 15) is 0 Å². The SMILES string of the molecule is CCCc1nccn1CC(NC)c1ccc(OC)cc1. The highest BCUT2D eigenvalue weighted by atomic mass is 16.5. The number of hydrogen-bond donors (Lipinski definition) is 1. The lowest BCUT2D eigenvalue weighted by Crippen LogP contribution is -2.22. The lowest BCUT2D eigenvalue weighted by Gasteiger charge is -2.19. The summed E-state index contributed by atoms with van der Waals surface area (Å²) in [6.45, 7) is 3.07. The van der Waals surface area contributed by atoms with Crippen LogP contribution in [0.15, 0.2) is 36.7 Å². The molecule has 1 aromatic carbocycles. The molecular formula is C16H23N3O. The molecule has 0 fully saturated rings. The highest BCUT2D eigenvalue weighted by Gasteiger charge is 2.12. The van der Waals surface area contributed by atoms with Crippen LogP contribution in [0.2, 0.25) is 0 Å². The van der Waals surface area contributed by atoms with Crippen LogP contribution < -0.4 is 10.1 Å². The van der Waals surface area contributed by atoms with Gasteiger partial charge in [0.2, 0.25) is 0 Å². The lowest BCUT2D eigenvalue weighted by atomic mass is 10.1. The topological polar surface area (TPSA) is 39.1 Å². The van der Waals surface area contributed by atoms with E-state index in [1.165, 1.54) is 5.56 Å². The van der Waals surface area contributed by atoms with E-state index in [1.54, 1.807) is 7.11 Å². The zero-order valence-corrected chi connectivity index (χ0v) is 12.5. The number of benzene rings is 1. The number of likely N-dealkylation sites (N-methyl/N-ethyl adjacent to an activating group) is 1. The Balaban J connectivity index is 2.13. The van der Waals surface area contributed by atoms with Crippen LogP contribution in [0.25, 0.3) is 0 Å². The highest BCUT2D eigenvalue weighted by molar-refractivity contribution is 5.29. The summed E-state index contributed by atoms with van der Waals surface area (Å²) >= 11 is 0. The standard InChI is InChI=1S/C16H23N3O/c1-4-5-16-18-10-11-19(16)12-15(17-2)13-6-8-14(20-3)9-7-13/h6-11,15,17H,4-5,12H2,1-3H3. The second-order valence-corrected chi connectivity index (χ2v) is 4.86. The Hall–Kier alpha value is -1.81. The molecule has 0 aliphatic carbocycles. The average Bonchev–Trinajstić information content (AvgIpc) is 2.92. The molecule has 0 bridgehead atoms. The van der Waals surface area contributed by atoms with E-state index in [4.69, 9.17) is 4.74 Å². The van der Waals surface area contributed by atoms with E-state index in [1.807, 2.05) is 25.4 Å². The Morgan fingerprint density at radius 1 is 1.30 bits per heavy atom. The maximum absolute atomic E-state index is 5.20. The Morgan fingerprint density at radius 2 is 2.05 bits per heavy atom. The molecule has 0 saturated carbocycles. The number of imidazole rings is 1. The van der Waals surface area contributed by atoms with Gasteiger partial charge >= 0.3 is 0 Å². The van der Waals surface area contributed by atoms with Gasteiger partial charge in [0.25, 0.3) is 0 Å². The van der Waals surface area contributed by atoms with E-state index in [2.05, 4.69) is 40.1 Å². The van der Waals surface area contributed by atoms with Crippen LogP contribution >= 0.6 is 0 Å². The van der Waals surface area contributed by atoms with Crippen molar-refractivity contribution >= 4 is 0 Å². The van der Waals surface area contributed by atoms with Gasteiger partial charge in [-0.25, -0.2) is 4.98 Å². The van der Waals surface area contributed by atoms with Crippen molar-refractivity contribution in [2.75, 3.05) is 14.2 Å². The third-order valence-electron chi connectivity index (χ3n) is 3.52. The molecule has 108 valence electrons. The zero-order chi connectivity index (χ0) is 14.4. The summed E-state index contributed by atoms with van der Waals surface area (Å²) in [6, 6.07) is 8.49. The van der Waals surface area contributed by atoms with Gasteiger partial charge in [0.1, 0.15) is 11.6 Å². The molecule has 1 heterocycles. The minimum absolute atomic E-state index is 0.269. The van der Waals surface area contributed by atoms with Gasteiger partial charge in [-0.05, 0) is 31.2 Å². The van der Waals surface area contributed by atoms with Crippen molar-refractivity contribution in [3.63, 3.8) is 0 Å². The summed E-state index contributed by atoms with van der Waals surface area (Å²) in [5.74, 6) is 2.04. The molecule has 4 nitrogen and oxygen atoms in total. The summed E-state index contributed by atoms with van der Waals surface area (Å²) in [5.41, 5.74) is 1.25. The Kier molecular flexibility index (Phi) is 5.18. The van der Waals surface area contributed by atoms with Crippen molar-refractivity contribution in [3.05, 3.63) is 48.0 Å². The van der Waals surface area contributed by atoms with Gasteiger partial charge in [0, 0.05) is 31.4 Å². The molecule has 2 rings (SSSR count). The molecule has 0 amide bonds. The van der Waals surface area contributed by atoms with Gasteiger partial charge in [0.05, 0.1) is 7.11 Å². The second-order valence-electron chi connectivity index (χ2n) is 4.86. The van der Waals surface area contributed by atoms with Crippen LogP contribution in [0.3, 0.4) is 0 Å². The van der Waals surface area contributed by atoms with Crippen LogP contribution in [0, 0.1) is 0 Å². The summed E-state index contributed by atoms with van der Waals surface area (Å²) in [4.78, 5) is 4.43. The van der Waals surface area contributed by atoms with Crippen LogP contribution in [0.5, 0.6) is 5.75 Å². The molecule has 0 saturated heterocycles. The maximum Gasteiger partial charge on any atom is 0.118 e. The first-order valence-corrected chi connectivity index (χ1v) is 7.09. The molecule has 1 aromatic heterocycles. The summed E-state index contributed by atoms with van der Waals surface area (Å²) in [5, 5.41) is 3.37. The van der Waals surface area contributed by atoms with Gasteiger partial charge in [-0.15, -0.1) is 0 Å². The fourth-order valence-corrected chi connectivity index (χ4v) is 2.35. The van der Waals surface area contributed by atoms with E-state index in [-0.39, 0.29) is 6.04 Å². The van der Waals surface area contributed by atoms with Gasteiger partial charge < -0.3 is 14.6 Å². The van der Waals surface area contributed by atoms with Crippen LogP contribution in [-0.4, -0.2) is 23.7 Å². The van der Waals surface area contributed by atoms with Gasteiger partial charge in [-0.1, -0.05) is 19.1 Å². The van der Waals surface area contributed by atoms with Crippen molar-refractivity contribution in [2.24, 2.45) is 0 Å². The fraction of sp³-hybridized carbons (Fsp3) is 0.438. The van der Waals surface area contributed by atoms with E-state index in [0.29, 0.717) is 0 Å². The summed E-state index contributed by atoms with van der Waals surface area (Å²) < 4.78 is 7.43. The van der Waals surface area contributed by atoms with Crippen molar-refractivity contribution in [2.45, 2.75) is 32.4 Å². The van der Waals surface area contributed by atoms with E-state index in [0.717, 1.165) is 31.0 Å². The van der Waals surface area contributed by atoms with Gasteiger partial charge in [0.15, 0.2) is 0 Å². The molecule has 0 spiro atoms. The zero-order valence-electron chi connectivity index (χ0n) is 12.5. The third kappa shape index (κ3) is 3.39. The highest BCUT2D eigenvalue weighted by Crippen LogP contribution is 2.19. The maximum atomic E-state index is 5.20. The predicted octanol–water partition coefficient (Wildman–Crippen LogP) is 2.80. The Morgan fingerprint density at radius 3 is 2.65 bits per heavy atom. The van der Waals surface area contributed by atoms with E-state index >= 15 is 0 Å². The average molecular weight is 273 g/mol. The largest absolute Gasteiger partial charge is 0.497 e. The van der Waals surface area contributed by atoms with Gasteiger partial charge in [-0.3, -0.25) is 0 Å².